The second-order valence-corrected chi connectivity index (χ2v) is 11.6. The number of unbranched alkanes of at least 4 members (excludes halogenated alkanes) is 18. The Labute approximate surface area is 221 Å². The van der Waals surface area contributed by atoms with Gasteiger partial charge >= 0.3 is 0 Å². The van der Waals surface area contributed by atoms with Crippen LogP contribution >= 0.6 is 8.46 Å². The summed E-state index contributed by atoms with van der Waals surface area (Å²) in [6, 6.07) is 4.50. The van der Waals surface area contributed by atoms with Gasteiger partial charge in [-0.05, 0) is 61.3 Å². The lowest BCUT2D eigenvalue weighted by Gasteiger charge is -2.17. The van der Waals surface area contributed by atoms with E-state index in [0.717, 1.165) is 11.7 Å². The summed E-state index contributed by atoms with van der Waals surface area (Å²) in [4.78, 5) is 0. The van der Waals surface area contributed by atoms with Crippen LogP contribution < -0.4 is 5.30 Å². The lowest BCUT2D eigenvalue weighted by atomic mass is 9.90. The van der Waals surface area contributed by atoms with Crippen LogP contribution in [0.15, 0.2) is 12.1 Å². The van der Waals surface area contributed by atoms with Crippen molar-refractivity contribution in [2.24, 2.45) is 0 Å². The Hall–Kier alpha value is -0.680. The summed E-state index contributed by atoms with van der Waals surface area (Å²) in [5.41, 5.74) is 4.59. The fourth-order valence-electron chi connectivity index (χ4n) is 5.43. The van der Waals surface area contributed by atoms with E-state index in [4.69, 9.17) is 0 Å². The van der Waals surface area contributed by atoms with Crippen molar-refractivity contribution in [3.8, 4) is 0 Å². The predicted octanol–water partition coefficient (Wildman–Crippen LogP) is 11.5. The van der Waals surface area contributed by atoms with Gasteiger partial charge in [-0.25, -0.2) is 0 Å². The molecule has 0 aliphatic rings. The van der Waals surface area contributed by atoms with E-state index in [0.29, 0.717) is 0 Å². The Balaban J connectivity index is 2.71. The van der Waals surface area contributed by atoms with Crippen LogP contribution in [0.25, 0.3) is 0 Å². The minimum Gasteiger partial charge on any atom is -0.269 e. The maximum Gasteiger partial charge on any atom is 0.192 e. The van der Waals surface area contributed by atoms with E-state index in [1.165, 1.54) is 153 Å². The molecule has 0 spiro atoms. The van der Waals surface area contributed by atoms with Crippen LogP contribution in [-0.2, 0) is 23.8 Å². The normalized spacial score (nSPS) is 11.5. The Bertz CT molecular complexity index is 624. The molecular formula is C33H59OP. The minimum absolute atomic E-state index is 0.213. The molecule has 0 radical (unpaired) electrons. The molecule has 0 atom stereocenters. The first-order valence-corrected chi connectivity index (χ1v) is 16.6. The Morgan fingerprint density at radius 3 is 1.26 bits per heavy atom. The van der Waals surface area contributed by atoms with Crippen molar-refractivity contribution in [2.75, 3.05) is 0 Å². The van der Waals surface area contributed by atoms with Gasteiger partial charge in [0.1, 0.15) is 0 Å². The summed E-state index contributed by atoms with van der Waals surface area (Å²) < 4.78 is 12.1. The second kappa shape index (κ2) is 23.7. The van der Waals surface area contributed by atoms with Gasteiger partial charge in [-0.15, -0.1) is 0 Å². The smallest absolute Gasteiger partial charge is 0.192 e. The highest BCUT2D eigenvalue weighted by molar-refractivity contribution is 7.34. The van der Waals surface area contributed by atoms with E-state index in [9.17, 15) is 4.57 Å². The van der Waals surface area contributed by atoms with Crippen LogP contribution in [0.1, 0.15) is 172 Å². The van der Waals surface area contributed by atoms with Gasteiger partial charge in [0, 0.05) is 5.30 Å². The van der Waals surface area contributed by atoms with Crippen LogP contribution in [0.2, 0.25) is 0 Å². The first-order chi connectivity index (χ1) is 17.3. The molecule has 35 heavy (non-hydrogen) atoms. The fourth-order valence-corrected chi connectivity index (χ4v) is 5.92. The van der Waals surface area contributed by atoms with E-state index >= 15 is 0 Å². The molecule has 0 aliphatic heterocycles. The number of hydrogen-bond acceptors (Lipinski definition) is 1. The molecule has 1 rings (SSSR count). The Kier molecular flexibility index (Phi) is 21.9. The van der Waals surface area contributed by atoms with Crippen LogP contribution in [0, 0.1) is 0 Å². The maximum atomic E-state index is 12.1. The van der Waals surface area contributed by atoms with Crippen molar-refractivity contribution in [3.63, 3.8) is 0 Å². The van der Waals surface area contributed by atoms with Crippen LogP contribution in [-0.4, -0.2) is 0 Å². The highest BCUT2D eigenvalue weighted by Crippen LogP contribution is 2.24. The van der Waals surface area contributed by atoms with Gasteiger partial charge in [-0.1, -0.05) is 142 Å². The maximum absolute atomic E-state index is 12.1. The summed E-state index contributed by atoms with van der Waals surface area (Å²) in [6.07, 6.45) is 32.0. The number of aryl methyl sites for hydroxylation is 1. The molecule has 0 aromatic heterocycles. The summed E-state index contributed by atoms with van der Waals surface area (Å²) in [6.45, 7) is 6.87. The standard InChI is InChI=1S/C33H59OP/c1-4-7-10-13-16-19-22-25-30-28-29-33(35-34)32(27-24-21-18-15-12-9-6-3)31(30)26-23-20-17-14-11-8-5-2/h28-29H,4-27H2,1-3H3. The van der Waals surface area contributed by atoms with E-state index in [-0.39, 0.29) is 8.46 Å². The first-order valence-electron chi connectivity index (χ1n) is 15.7. The molecule has 2 heteroatoms. The Morgan fingerprint density at radius 2 is 0.829 bits per heavy atom. The summed E-state index contributed by atoms with van der Waals surface area (Å²) in [7, 11) is 0.213. The zero-order chi connectivity index (χ0) is 25.4. The molecule has 0 saturated carbocycles. The second-order valence-electron chi connectivity index (χ2n) is 10.9. The number of benzene rings is 1. The molecule has 1 nitrogen and oxygen atoms in total. The summed E-state index contributed by atoms with van der Waals surface area (Å²) in [5.74, 6) is 0. The first kappa shape index (κ1) is 32.3. The molecule has 0 aliphatic carbocycles. The number of rotatable bonds is 25. The van der Waals surface area contributed by atoms with Crippen molar-refractivity contribution >= 4 is 13.8 Å². The van der Waals surface area contributed by atoms with E-state index in [1.54, 1.807) is 11.1 Å². The van der Waals surface area contributed by atoms with Gasteiger partial charge in [-0.3, -0.25) is 4.57 Å². The SMILES string of the molecule is CCCCCCCCCc1ccc(P=O)c(CCCCCCCCC)c1CCCCCCCCC. The molecule has 0 bridgehead atoms. The molecule has 0 fully saturated rings. The quantitative estimate of drug-likeness (QED) is 0.0959. The minimum atomic E-state index is 0.213. The van der Waals surface area contributed by atoms with E-state index < -0.39 is 0 Å². The molecule has 1 aromatic carbocycles. The van der Waals surface area contributed by atoms with Gasteiger partial charge in [0.2, 0.25) is 0 Å². The molecule has 0 unspecified atom stereocenters. The topological polar surface area (TPSA) is 17.1 Å². The molecule has 0 amide bonds. The van der Waals surface area contributed by atoms with Crippen LogP contribution in [0.3, 0.4) is 0 Å². The predicted molar refractivity (Wildman–Crippen MR) is 159 cm³/mol. The van der Waals surface area contributed by atoms with Crippen molar-refractivity contribution in [2.45, 2.75) is 175 Å². The third-order valence-corrected chi connectivity index (χ3v) is 8.33. The van der Waals surface area contributed by atoms with E-state index in [1.807, 2.05) is 0 Å². The third kappa shape index (κ3) is 15.9. The van der Waals surface area contributed by atoms with Crippen molar-refractivity contribution in [1.82, 2.24) is 0 Å². The zero-order valence-corrected chi connectivity index (χ0v) is 24.9. The molecule has 0 saturated heterocycles. The summed E-state index contributed by atoms with van der Waals surface area (Å²) in [5, 5.41) is 1.07. The highest BCUT2D eigenvalue weighted by Gasteiger charge is 2.14. The van der Waals surface area contributed by atoms with Gasteiger partial charge in [-0.2, -0.15) is 0 Å². The van der Waals surface area contributed by atoms with Gasteiger partial charge in [0.25, 0.3) is 0 Å². The molecule has 0 heterocycles. The Morgan fingerprint density at radius 1 is 0.457 bits per heavy atom. The monoisotopic (exact) mass is 502 g/mol. The third-order valence-electron chi connectivity index (χ3n) is 7.71. The molecule has 0 N–H and O–H groups in total. The van der Waals surface area contributed by atoms with Gasteiger partial charge < -0.3 is 0 Å². The van der Waals surface area contributed by atoms with Crippen LogP contribution in [0.4, 0.5) is 0 Å². The van der Waals surface area contributed by atoms with Crippen LogP contribution in [0.5, 0.6) is 0 Å². The molecule has 1 aromatic rings. The highest BCUT2D eigenvalue weighted by atomic mass is 31.1. The largest absolute Gasteiger partial charge is 0.269 e. The summed E-state index contributed by atoms with van der Waals surface area (Å²) >= 11 is 0. The van der Waals surface area contributed by atoms with Crippen molar-refractivity contribution in [3.05, 3.63) is 28.8 Å². The van der Waals surface area contributed by atoms with E-state index in [2.05, 4.69) is 32.9 Å². The zero-order valence-electron chi connectivity index (χ0n) is 24.0. The lowest BCUT2D eigenvalue weighted by molar-refractivity contribution is 0.578. The van der Waals surface area contributed by atoms with Crippen molar-refractivity contribution in [1.29, 1.82) is 0 Å². The molecular weight excluding hydrogens is 443 g/mol. The fraction of sp³-hybridized carbons (Fsp3) is 0.818. The van der Waals surface area contributed by atoms with Gasteiger partial charge in [0.05, 0.1) is 0 Å². The average Bonchev–Trinajstić information content (AvgIpc) is 2.87. The lowest BCUT2D eigenvalue weighted by Crippen LogP contribution is -2.11. The van der Waals surface area contributed by atoms with Gasteiger partial charge in [0.15, 0.2) is 8.46 Å². The van der Waals surface area contributed by atoms with Crippen molar-refractivity contribution < 1.29 is 4.57 Å². The average molecular weight is 503 g/mol. The molecule has 202 valence electrons. The number of hydrogen-bond donors (Lipinski definition) is 0.